The van der Waals surface area contributed by atoms with Crippen LogP contribution in [-0.2, 0) is 4.74 Å². The van der Waals surface area contributed by atoms with E-state index in [-0.39, 0.29) is 12.1 Å². The lowest BCUT2D eigenvalue weighted by Gasteiger charge is -2.35. The molecule has 5 nitrogen and oxygen atoms in total. The van der Waals surface area contributed by atoms with Gasteiger partial charge in [0.2, 0.25) is 0 Å². The minimum atomic E-state index is -0.0249. The quantitative estimate of drug-likeness (QED) is 0.836. The molecule has 1 fully saturated rings. The van der Waals surface area contributed by atoms with E-state index < -0.39 is 0 Å². The zero-order valence-corrected chi connectivity index (χ0v) is 10.8. The number of pyridine rings is 1. The van der Waals surface area contributed by atoms with Gasteiger partial charge < -0.3 is 15.4 Å². The number of nitrogens with two attached hydrogens (primary N) is 1. The Kier molecular flexibility index (Phi) is 3.80. The van der Waals surface area contributed by atoms with E-state index in [1.54, 1.807) is 6.20 Å². The molecule has 96 valence electrons. The van der Waals surface area contributed by atoms with Crippen LogP contribution in [0.3, 0.4) is 0 Å². The summed E-state index contributed by atoms with van der Waals surface area (Å²) in [5, 5.41) is 9.23. The molecule has 5 heteroatoms. The first kappa shape index (κ1) is 12.8. The molecule has 0 spiro atoms. The molecule has 0 saturated carbocycles. The highest BCUT2D eigenvalue weighted by Gasteiger charge is 2.25. The van der Waals surface area contributed by atoms with Crippen LogP contribution >= 0.6 is 0 Å². The van der Waals surface area contributed by atoms with Gasteiger partial charge in [-0.05, 0) is 25.5 Å². The van der Waals surface area contributed by atoms with Crippen LogP contribution in [0.1, 0.15) is 18.1 Å². The van der Waals surface area contributed by atoms with E-state index in [0.29, 0.717) is 18.7 Å². The Balaban J connectivity index is 2.27. The highest BCUT2D eigenvalue weighted by atomic mass is 16.5. The number of hydrogen-bond donors (Lipinski definition) is 1. The van der Waals surface area contributed by atoms with Crippen molar-refractivity contribution in [2.45, 2.75) is 26.0 Å². The molecular formula is C13H18N4O. The van der Waals surface area contributed by atoms with E-state index in [1.807, 2.05) is 19.9 Å². The van der Waals surface area contributed by atoms with E-state index in [2.05, 4.69) is 16.0 Å². The standard InChI is InChI=1S/C13H18N4O/c1-9-3-4-16-13(11(9)7-14)17-5-6-18-12(8-17)10(2)15/h3-4,10,12H,5-6,8,15H2,1-2H3. The van der Waals surface area contributed by atoms with Crippen LogP contribution < -0.4 is 10.6 Å². The van der Waals surface area contributed by atoms with Crippen LogP contribution in [0.25, 0.3) is 0 Å². The number of anilines is 1. The Hall–Kier alpha value is -1.64. The summed E-state index contributed by atoms with van der Waals surface area (Å²) in [7, 11) is 0. The maximum Gasteiger partial charge on any atom is 0.146 e. The molecule has 2 N–H and O–H groups in total. The van der Waals surface area contributed by atoms with Gasteiger partial charge in [0, 0.05) is 25.3 Å². The summed E-state index contributed by atoms with van der Waals surface area (Å²) < 4.78 is 5.62. The van der Waals surface area contributed by atoms with Crippen molar-refractivity contribution in [2.24, 2.45) is 5.73 Å². The first-order valence-electron chi connectivity index (χ1n) is 6.11. The molecule has 0 radical (unpaired) electrons. The van der Waals surface area contributed by atoms with Crippen molar-refractivity contribution in [3.63, 3.8) is 0 Å². The third-order valence-electron chi connectivity index (χ3n) is 3.23. The minimum absolute atomic E-state index is 0.00685. The van der Waals surface area contributed by atoms with Gasteiger partial charge in [0.15, 0.2) is 0 Å². The summed E-state index contributed by atoms with van der Waals surface area (Å²) in [6.07, 6.45) is 1.73. The maximum absolute atomic E-state index is 9.23. The Bertz CT molecular complexity index is 467. The number of morpholine rings is 1. The number of aryl methyl sites for hydroxylation is 1. The van der Waals surface area contributed by atoms with Crippen LogP contribution in [0.5, 0.6) is 0 Å². The molecule has 1 aliphatic heterocycles. The lowest BCUT2D eigenvalue weighted by Crippen LogP contribution is -2.50. The summed E-state index contributed by atoms with van der Waals surface area (Å²) in [5.41, 5.74) is 7.46. The van der Waals surface area contributed by atoms with E-state index in [1.165, 1.54) is 0 Å². The van der Waals surface area contributed by atoms with Gasteiger partial charge in [-0.2, -0.15) is 5.26 Å². The van der Waals surface area contributed by atoms with Crippen LogP contribution in [0.2, 0.25) is 0 Å². The van der Waals surface area contributed by atoms with Crippen molar-refractivity contribution in [3.05, 3.63) is 23.4 Å². The third-order valence-corrected chi connectivity index (χ3v) is 3.23. The molecule has 2 atom stereocenters. The molecule has 1 aromatic rings. The second-order valence-electron chi connectivity index (χ2n) is 4.65. The number of nitriles is 1. The Morgan fingerprint density at radius 3 is 3.11 bits per heavy atom. The summed E-state index contributed by atoms with van der Waals surface area (Å²) in [5.74, 6) is 0.742. The molecule has 2 unspecified atom stereocenters. The number of hydrogen-bond acceptors (Lipinski definition) is 5. The van der Waals surface area contributed by atoms with Gasteiger partial charge in [0.05, 0.1) is 18.3 Å². The zero-order chi connectivity index (χ0) is 13.1. The Morgan fingerprint density at radius 2 is 2.44 bits per heavy atom. The molecule has 0 aliphatic carbocycles. The largest absolute Gasteiger partial charge is 0.373 e. The van der Waals surface area contributed by atoms with Crippen LogP contribution in [0.15, 0.2) is 12.3 Å². The minimum Gasteiger partial charge on any atom is -0.373 e. The van der Waals surface area contributed by atoms with Crippen LogP contribution in [-0.4, -0.2) is 36.8 Å². The van der Waals surface area contributed by atoms with Crippen molar-refractivity contribution in [1.82, 2.24) is 4.98 Å². The molecule has 1 saturated heterocycles. The number of ether oxygens (including phenoxy) is 1. The highest BCUT2D eigenvalue weighted by Crippen LogP contribution is 2.22. The highest BCUT2D eigenvalue weighted by molar-refractivity contribution is 5.57. The molecule has 2 heterocycles. The normalized spacial score (nSPS) is 21.4. The fourth-order valence-corrected chi connectivity index (χ4v) is 2.11. The molecule has 18 heavy (non-hydrogen) atoms. The van der Waals surface area contributed by atoms with Gasteiger partial charge in [-0.1, -0.05) is 0 Å². The second kappa shape index (κ2) is 5.34. The number of aromatic nitrogens is 1. The second-order valence-corrected chi connectivity index (χ2v) is 4.65. The number of nitrogens with zero attached hydrogens (tertiary/aromatic N) is 3. The number of rotatable bonds is 2. The fraction of sp³-hybridized carbons (Fsp3) is 0.538. The van der Waals surface area contributed by atoms with Gasteiger partial charge in [0.25, 0.3) is 0 Å². The fourth-order valence-electron chi connectivity index (χ4n) is 2.11. The average Bonchev–Trinajstić information content (AvgIpc) is 2.38. The summed E-state index contributed by atoms with van der Waals surface area (Å²) in [6.45, 7) is 5.90. The zero-order valence-electron chi connectivity index (χ0n) is 10.8. The van der Waals surface area contributed by atoms with E-state index >= 15 is 0 Å². The molecule has 0 amide bonds. The van der Waals surface area contributed by atoms with Crippen molar-refractivity contribution in [2.75, 3.05) is 24.6 Å². The van der Waals surface area contributed by atoms with Crippen molar-refractivity contribution >= 4 is 5.82 Å². The summed E-state index contributed by atoms with van der Waals surface area (Å²) in [6, 6.07) is 4.06. The smallest absolute Gasteiger partial charge is 0.146 e. The topological polar surface area (TPSA) is 75.2 Å². The van der Waals surface area contributed by atoms with Gasteiger partial charge in [-0.15, -0.1) is 0 Å². The Labute approximate surface area is 107 Å². The van der Waals surface area contributed by atoms with E-state index in [4.69, 9.17) is 10.5 Å². The van der Waals surface area contributed by atoms with Gasteiger partial charge >= 0.3 is 0 Å². The lowest BCUT2D eigenvalue weighted by atomic mass is 10.1. The first-order valence-corrected chi connectivity index (χ1v) is 6.11. The monoisotopic (exact) mass is 246 g/mol. The van der Waals surface area contributed by atoms with Crippen molar-refractivity contribution in [3.8, 4) is 6.07 Å². The predicted octanol–water partition coefficient (Wildman–Crippen LogP) is 0.814. The van der Waals surface area contributed by atoms with E-state index in [0.717, 1.165) is 17.9 Å². The molecule has 1 aromatic heterocycles. The maximum atomic E-state index is 9.23. The lowest BCUT2D eigenvalue weighted by molar-refractivity contribution is 0.0273. The van der Waals surface area contributed by atoms with Gasteiger partial charge in [0.1, 0.15) is 11.9 Å². The van der Waals surface area contributed by atoms with Crippen molar-refractivity contribution < 1.29 is 4.74 Å². The van der Waals surface area contributed by atoms with E-state index in [9.17, 15) is 5.26 Å². The van der Waals surface area contributed by atoms with Crippen LogP contribution in [0, 0.1) is 18.3 Å². The average molecular weight is 246 g/mol. The Morgan fingerprint density at radius 1 is 1.67 bits per heavy atom. The molecule has 1 aliphatic rings. The molecule has 0 bridgehead atoms. The van der Waals surface area contributed by atoms with Gasteiger partial charge in [-0.3, -0.25) is 0 Å². The third kappa shape index (κ3) is 2.45. The molecular weight excluding hydrogens is 228 g/mol. The van der Waals surface area contributed by atoms with Gasteiger partial charge in [-0.25, -0.2) is 4.98 Å². The molecule has 2 rings (SSSR count). The predicted molar refractivity (Wildman–Crippen MR) is 69.3 cm³/mol. The first-order chi connectivity index (χ1) is 8.63. The summed E-state index contributed by atoms with van der Waals surface area (Å²) >= 11 is 0. The summed E-state index contributed by atoms with van der Waals surface area (Å²) in [4.78, 5) is 6.42. The van der Waals surface area contributed by atoms with Crippen molar-refractivity contribution in [1.29, 1.82) is 5.26 Å². The van der Waals surface area contributed by atoms with Crippen LogP contribution in [0.4, 0.5) is 5.82 Å². The SMILES string of the molecule is Cc1ccnc(N2CCOC(C(C)N)C2)c1C#N. The molecule has 0 aromatic carbocycles.